The molecule has 0 aliphatic heterocycles. The average Bonchev–Trinajstić information content (AvgIpc) is 2.34. The van der Waals surface area contributed by atoms with E-state index in [0.29, 0.717) is 15.2 Å². The SMILES string of the molecule is Cc1cc(Br)c(S(=O)(=O)Nc2cccnc2)cc1Cl. The van der Waals surface area contributed by atoms with Gasteiger partial charge in [0, 0.05) is 15.7 Å². The summed E-state index contributed by atoms with van der Waals surface area (Å²) in [5, 5.41) is 0.398. The molecule has 7 heteroatoms. The van der Waals surface area contributed by atoms with Crippen LogP contribution in [0.15, 0.2) is 46.0 Å². The lowest BCUT2D eigenvalue weighted by atomic mass is 10.2. The molecule has 0 aliphatic carbocycles. The molecular weight excluding hydrogens is 352 g/mol. The second-order valence-electron chi connectivity index (χ2n) is 3.88. The van der Waals surface area contributed by atoms with Gasteiger partial charge in [-0.2, -0.15) is 0 Å². The Bertz CT molecular complexity index is 705. The molecule has 0 aliphatic rings. The monoisotopic (exact) mass is 360 g/mol. The van der Waals surface area contributed by atoms with Crippen molar-refractivity contribution in [1.29, 1.82) is 0 Å². The lowest BCUT2D eigenvalue weighted by Gasteiger charge is -2.10. The highest BCUT2D eigenvalue weighted by Crippen LogP contribution is 2.29. The predicted molar refractivity (Wildman–Crippen MR) is 78.9 cm³/mol. The van der Waals surface area contributed by atoms with Crippen LogP contribution in [0.4, 0.5) is 5.69 Å². The van der Waals surface area contributed by atoms with E-state index in [1.54, 1.807) is 31.3 Å². The Hall–Kier alpha value is -1.11. The summed E-state index contributed by atoms with van der Waals surface area (Å²) in [5.74, 6) is 0. The zero-order valence-corrected chi connectivity index (χ0v) is 13.1. The Morgan fingerprint density at radius 1 is 1.37 bits per heavy atom. The van der Waals surface area contributed by atoms with Gasteiger partial charge in [-0.05, 0) is 52.7 Å². The topological polar surface area (TPSA) is 59.1 Å². The van der Waals surface area contributed by atoms with Crippen molar-refractivity contribution in [2.45, 2.75) is 11.8 Å². The number of anilines is 1. The smallest absolute Gasteiger partial charge is 0.263 e. The highest BCUT2D eigenvalue weighted by molar-refractivity contribution is 9.10. The van der Waals surface area contributed by atoms with Gasteiger partial charge in [0.2, 0.25) is 0 Å². The average molecular weight is 362 g/mol. The van der Waals surface area contributed by atoms with E-state index >= 15 is 0 Å². The van der Waals surface area contributed by atoms with Crippen LogP contribution in [0.3, 0.4) is 0 Å². The Morgan fingerprint density at radius 2 is 2.11 bits per heavy atom. The number of benzene rings is 1. The van der Waals surface area contributed by atoms with Crippen molar-refractivity contribution in [3.63, 3.8) is 0 Å². The van der Waals surface area contributed by atoms with Crippen molar-refractivity contribution >= 4 is 43.2 Å². The molecule has 19 heavy (non-hydrogen) atoms. The zero-order chi connectivity index (χ0) is 14.0. The second-order valence-corrected chi connectivity index (χ2v) is 6.79. The van der Waals surface area contributed by atoms with Crippen LogP contribution in [0.1, 0.15) is 5.56 Å². The molecule has 0 saturated heterocycles. The van der Waals surface area contributed by atoms with Crippen LogP contribution in [0.5, 0.6) is 0 Å². The fourth-order valence-electron chi connectivity index (χ4n) is 1.47. The molecule has 1 heterocycles. The highest BCUT2D eigenvalue weighted by atomic mass is 79.9. The third-order valence-corrected chi connectivity index (χ3v) is 5.16. The van der Waals surface area contributed by atoms with E-state index in [1.165, 1.54) is 12.3 Å². The molecule has 1 N–H and O–H groups in total. The quantitative estimate of drug-likeness (QED) is 0.908. The third-order valence-electron chi connectivity index (χ3n) is 2.42. The molecule has 0 spiro atoms. The third kappa shape index (κ3) is 3.26. The van der Waals surface area contributed by atoms with Gasteiger partial charge in [0.25, 0.3) is 10.0 Å². The van der Waals surface area contributed by atoms with Crippen molar-refractivity contribution in [2.75, 3.05) is 4.72 Å². The number of nitrogens with one attached hydrogen (secondary N) is 1. The number of pyridine rings is 1. The molecule has 0 bridgehead atoms. The van der Waals surface area contributed by atoms with E-state index in [4.69, 9.17) is 11.6 Å². The van der Waals surface area contributed by atoms with Gasteiger partial charge >= 0.3 is 0 Å². The molecule has 2 rings (SSSR count). The molecule has 1 aromatic heterocycles. The van der Waals surface area contributed by atoms with Crippen LogP contribution >= 0.6 is 27.5 Å². The maximum absolute atomic E-state index is 12.3. The van der Waals surface area contributed by atoms with E-state index < -0.39 is 10.0 Å². The van der Waals surface area contributed by atoms with Crippen LogP contribution in [-0.4, -0.2) is 13.4 Å². The van der Waals surface area contributed by atoms with Gasteiger partial charge in [-0.3, -0.25) is 9.71 Å². The zero-order valence-electron chi connectivity index (χ0n) is 9.89. The molecule has 0 unspecified atom stereocenters. The molecule has 0 atom stereocenters. The van der Waals surface area contributed by atoms with Crippen LogP contribution in [-0.2, 0) is 10.0 Å². The first-order chi connectivity index (χ1) is 8.90. The minimum atomic E-state index is -3.70. The number of halogens is 2. The summed E-state index contributed by atoms with van der Waals surface area (Å²) < 4.78 is 27.4. The minimum Gasteiger partial charge on any atom is -0.278 e. The molecule has 100 valence electrons. The Kier molecular flexibility index (Phi) is 4.13. The first-order valence-electron chi connectivity index (χ1n) is 5.28. The highest BCUT2D eigenvalue weighted by Gasteiger charge is 2.19. The predicted octanol–water partition coefficient (Wildman–Crippen LogP) is 3.61. The molecule has 1 aromatic carbocycles. The maximum Gasteiger partial charge on any atom is 0.263 e. The van der Waals surface area contributed by atoms with Crippen LogP contribution in [0.2, 0.25) is 5.02 Å². The molecule has 0 fully saturated rings. The standard InChI is InChI=1S/C12H10BrClN2O2S/c1-8-5-10(13)12(6-11(8)14)19(17,18)16-9-3-2-4-15-7-9/h2-7,16H,1H3. The van der Waals surface area contributed by atoms with Crippen molar-refractivity contribution in [3.8, 4) is 0 Å². The number of hydrogen-bond donors (Lipinski definition) is 1. The van der Waals surface area contributed by atoms with Crippen molar-refractivity contribution in [1.82, 2.24) is 4.98 Å². The Labute approximate surface area is 125 Å². The number of aromatic nitrogens is 1. The Morgan fingerprint density at radius 3 is 2.74 bits per heavy atom. The molecule has 0 radical (unpaired) electrons. The Balaban J connectivity index is 2.43. The van der Waals surface area contributed by atoms with Gasteiger partial charge in [0.15, 0.2) is 0 Å². The van der Waals surface area contributed by atoms with Crippen molar-refractivity contribution in [3.05, 3.63) is 51.7 Å². The molecule has 0 saturated carbocycles. The lowest BCUT2D eigenvalue weighted by molar-refractivity contribution is 0.600. The van der Waals surface area contributed by atoms with Gasteiger partial charge in [0.1, 0.15) is 4.90 Å². The number of nitrogens with zero attached hydrogens (tertiary/aromatic N) is 1. The largest absolute Gasteiger partial charge is 0.278 e. The van der Waals surface area contributed by atoms with Gasteiger partial charge < -0.3 is 0 Å². The van der Waals surface area contributed by atoms with Gasteiger partial charge in [-0.25, -0.2) is 8.42 Å². The van der Waals surface area contributed by atoms with E-state index in [0.717, 1.165) is 5.56 Å². The molecule has 2 aromatic rings. The van der Waals surface area contributed by atoms with E-state index in [1.807, 2.05) is 0 Å². The number of aryl methyl sites for hydroxylation is 1. The summed E-state index contributed by atoms with van der Waals surface area (Å²) in [7, 11) is -3.70. The van der Waals surface area contributed by atoms with Crippen molar-refractivity contribution < 1.29 is 8.42 Å². The van der Waals surface area contributed by atoms with E-state index in [2.05, 4.69) is 25.6 Å². The normalized spacial score (nSPS) is 11.3. The summed E-state index contributed by atoms with van der Waals surface area (Å²) in [6, 6.07) is 6.35. The van der Waals surface area contributed by atoms with E-state index in [-0.39, 0.29) is 4.90 Å². The summed E-state index contributed by atoms with van der Waals surface area (Å²) in [4.78, 5) is 3.94. The number of hydrogen-bond acceptors (Lipinski definition) is 3. The number of rotatable bonds is 3. The number of sulfonamides is 1. The van der Waals surface area contributed by atoms with Crippen LogP contribution in [0, 0.1) is 6.92 Å². The second kappa shape index (κ2) is 5.48. The summed E-state index contributed by atoms with van der Waals surface area (Å²) in [5.41, 5.74) is 1.19. The summed E-state index contributed by atoms with van der Waals surface area (Å²) >= 11 is 9.21. The van der Waals surface area contributed by atoms with E-state index in [9.17, 15) is 8.42 Å². The summed E-state index contributed by atoms with van der Waals surface area (Å²) in [6.45, 7) is 1.80. The fraction of sp³-hybridized carbons (Fsp3) is 0.0833. The van der Waals surface area contributed by atoms with Crippen LogP contribution < -0.4 is 4.72 Å². The first kappa shape index (κ1) is 14.3. The molecule has 0 amide bonds. The summed E-state index contributed by atoms with van der Waals surface area (Å²) in [6.07, 6.45) is 3.00. The maximum atomic E-state index is 12.3. The minimum absolute atomic E-state index is 0.0898. The van der Waals surface area contributed by atoms with Gasteiger partial charge in [0.05, 0.1) is 11.9 Å². The first-order valence-corrected chi connectivity index (χ1v) is 7.94. The lowest BCUT2D eigenvalue weighted by Crippen LogP contribution is -2.13. The molecule has 4 nitrogen and oxygen atoms in total. The molecular formula is C12H10BrClN2O2S. The fourth-order valence-corrected chi connectivity index (χ4v) is 3.92. The van der Waals surface area contributed by atoms with Crippen molar-refractivity contribution in [2.24, 2.45) is 0 Å². The van der Waals surface area contributed by atoms with Gasteiger partial charge in [-0.15, -0.1) is 0 Å². The van der Waals surface area contributed by atoms with Gasteiger partial charge in [-0.1, -0.05) is 11.6 Å². The van der Waals surface area contributed by atoms with Crippen LogP contribution in [0.25, 0.3) is 0 Å².